The molecule has 2 saturated carbocycles. The standard InChI is InChI=1S/C24H31N3O4S/c28-22(29)13-16-5-7-18(8-6-16)19-9-11-20(12-10-19)23(30)25-24-27-26-21(32-24)15-31-14-17-3-1-2-4-17/h9-12,16-18H,1-8,13-15H2,(H,28,29)(H,25,27,30)/t16-,18-. The molecule has 1 aromatic heterocycles. The first kappa shape index (κ1) is 22.9. The number of anilines is 1. The van der Waals surface area contributed by atoms with E-state index in [9.17, 15) is 9.59 Å². The van der Waals surface area contributed by atoms with Gasteiger partial charge in [-0.2, -0.15) is 0 Å². The van der Waals surface area contributed by atoms with Gasteiger partial charge >= 0.3 is 5.97 Å². The number of ether oxygens (including phenoxy) is 1. The Kier molecular flexibility index (Phi) is 7.86. The Morgan fingerprint density at radius 3 is 2.41 bits per heavy atom. The molecule has 0 spiro atoms. The van der Waals surface area contributed by atoms with Crippen molar-refractivity contribution in [3.05, 3.63) is 40.4 Å². The molecule has 2 fully saturated rings. The Morgan fingerprint density at radius 2 is 1.72 bits per heavy atom. The summed E-state index contributed by atoms with van der Waals surface area (Å²) in [6, 6.07) is 7.72. The Hall–Kier alpha value is -2.32. The summed E-state index contributed by atoms with van der Waals surface area (Å²) in [6.45, 7) is 1.21. The van der Waals surface area contributed by atoms with Crippen molar-refractivity contribution in [2.24, 2.45) is 11.8 Å². The number of aromatic nitrogens is 2. The Bertz CT molecular complexity index is 900. The number of amides is 1. The number of carboxylic acid groups (broad SMARTS) is 1. The van der Waals surface area contributed by atoms with Gasteiger partial charge in [-0.05, 0) is 74.0 Å². The van der Waals surface area contributed by atoms with Crippen molar-refractivity contribution in [1.82, 2.24) is 10.2 Å². The molecule has 172 valence electrons. The van der Waals surface area contributed by atoms with Gasteiger partial charge in [0, 0.05) is 18.6 Å². The van der Waals surface area contributed by atoms with Crippen LogP contribution >= 0.6 is 11.3 Å². The highest BCUT2D eigenvalue weighted by Crippen LogP contribution is 2.37. The molecule has 1 aromatic carbocycles. The van der Waals surface area contributed by atoms with Gasteiger partial charge in [0.05, 0.1) is 0 Å². The fourth-order valence-electron chi connectivity index (χ4n) is 4.88. The lowest BCUT2D eigenvalue weighted by molar-refractivity contribution is -0.138. The zero-order valence-electron chi connectivity index (χ0n) is 18.3. The van der Waals surface area contributed by atoms with Gasteiger partial charge < -0.3 is 9.84 Å². The number of carbonyl (C=O) groups excluding carboxylic acids is 1. The topological polar surface area (TPSA) is 101 Å². The number of nitrogens with one attached hydrogen (secondary N) is 1. The fourth-order valence-corrected chi connectivity index (χ4v) is 5.55. The van der Waals surface area contributed by atoms with Crippen molar-refractivity contribution in [2.45, 2.75) is 70.3 Å². The molecule has 1 heterocycles. The first-order valence-corrected chi connectivity index (χ1v) is 12.4. The minimum Gasteiger partial charge on any atom is -0.481 e. The van der Waals surface area contributed by atoms with Crippen molar-refractivity contribution in [2.75, 3.05) is 11.9 Å². The molecule has 1 amide bonds. The quantitative estimate of drug-likeness (QED) is 0.534. The second-order valence-corrected chi connectivity index (χ2v) is 10.1. The molecule has 4 rings (SSSR count). The average molecular weight is 458 g/mol. The molecule has 2 aliphatic carbocycles. The second kappa shape index (κ2) is 11.0. The second-order valence-electron chi connectivity index (χ2n) is 9.06. The van der Waals surface area contributed by atoms with Crippen LogP contribution in [0.3, 0.4) is 0 Å². The molecule has 2 aromatic rings. The van der Waals surface area contributed by atoms with Crippen molar-refractivity contribution >= 4 is 28.3 Å². The van der Waals surface area contributed by atoms with E-state index in [-0.39, 0.29) is 12.3 Å². The maximum Gasteiger partial charge on any atom is 0.303 e. The van der Waals surface area contributed by atoms with Crippen LogP contribution in [0, 0.1) is 11.8 Å². The monoisotopic (exact) mass is 457 g/mol. The molecule has 0 saturated heterocycles. The van der Waals surface area contributed by atoms with E-state index >= 15 is 0 Å². The molecule has 2 N–H and O–H groups in total. The van der Waals surface area contributed by atoms with E-state index in [4.69, 9.17) is 9.84 Å². The third-order valence-electron chi connectivity index (χ3n) is 6.70. The largest absolute Gasteiger partial charge is 0.481 e. The Balaban J connectivity index is 1.23. The molecule has 8 heteroatoms. The van der Waals surface area contributed by atoms with Crippen LogP contribution < -0.4 is 5.32 Å². The van der Waals surface area contributed by atoms with Crippen LogP contribution in [0.25, 0.3) is 0 Å². The van der Waals surface area contributed by atoms with E-state index in [1.54, 1.807) is 0 Å². The van der Waals surface area contributed by atoms with Crippen molar-refractivity contribution < 1.29 is 19.4 Å². The zero-order chi connectivity index (χ0) is 22.3. The van der Waals surface area contributed by atoms with E-state index in [2.05, 4.69) is 15.5 Å². The summed E-state index contributed by atoms with van der Waals surface area (Å²) < 4.78 is 5.77. The van der Waals surface area contributed by atoms with Crippen LogP contribution in [0.4, 0.5) is 5.13 Å². The van der Waals surface area contributed by atoms with Crippen LogP contribution in [0.2, 0.25) is 0 Å². The molecule has 32 heavy (non-hydrogen) atoms. The lowest BCUT2D eigenvalue weighted by Crippen LogP contribution is -2.16. The third kappa shape index (κ3) is 6.36. The van der Waals surface area contributed by atoms with Crippen molar-refractivity contribution in [3.63, 3.8) is 0 Å². The molecule has 7 nitrogen and oxygen atoms in total. The molecule has 0 bridgehead atoms. The Morgan fingerprint density at radius 1 is 1.00 bits per heavy atom. The van der Waals surface area contributed by atoms with E-state index in [1.807, 2.05) is 24.3 Å². The predicted octanol–water partition coefficient (Wildman–Crippen LogP) is 5.25. The summed E-state index contributed by atoms with van der Waals surface area (Å²) in [6.07, 6.45) is 9.28. The molecule has 2 aliphatic rings. The summed E-state index contributed by atoms with van der Waals surface area (Å²) in [5.74, 6) is 0.495. The van der Waals surface area contributed by atoms with Gasteiger partial charge in [-0.25, -0.2) is 0 Å². The molecular weight excluding hydrogens is 426 g/mol. The van der Waals surface area contributed by atoms with Gasteiger partial charge in [-0.3, -0.25) is 14.9 Å². The molecular formula is C24H31N3O4S. The number of aliphatic carboxylic acids is 1. The number of hydrogen-bond donors (Lipinski definition) is 2. The van der Waals surface area contributed by atoms with E-state index in [0.29, 0.717) is 35.1 Å². The fraction of sp³-hybridized carbons (Fsp3) is 0.583. The lowest BCUT2D eigenvalue weighted by Gasteiger charge is -2.28. The van der Waals surface area contributed by atoms with Crippen LogP contribution in [0.15, 0.2) is 24.3 Å². The van der Waals surface area contributed by atoms with Gasteiger partial charge in [0.1, 0.15) is 11.6 Å². The first-order valence-electron chi connectivity index (χ1n) is 11.6. The average Bonchev–Trinajstić information content (AvgIpc) is 3.46. The predicted molar refractivity (Wildman–Crippen MR) is 123 cm³/mol. The van der Waals surface area contributed by atoms with Crippen LogP contribution in [-0.2, 0) is 16.1 Å². The molecule has 0 aliphatic heterocycles. The summed E-state index contributed by atoms with van der Waals surface area (Å²) in [5.41, 5.74) is 1.80. The van der Waals surface area contributed by atoms with Gasteiger partial charge in [0.2, 0.25) is 5.13 Å². The Labute approximate surface area is 192 Å². The summed E-state index contributed by atoms with van der Waals surface area (Å²) >= 11 is 1.35. The number of carboxylic acids is 1. The molecule has 0 unspecified atom stereocenters. The number of hydrogen-bond acceptors (Lipinski definition) is 6. The SMILES string of the molecule is O=C(O)C[C@H]1CC[C@H](c2ccc(C(=O)Nc3nnc(COCC4CCCC4)s3)cc2)CC1. The molecule has 0 radical (unpaired) electrons. The van der Waals surface area contributed by atoms with Crippen LogP contribution in [0.5, 0.6) is 0 Å². The number of carbonyl (C=O) groups is 2. The highest BCUT2D eigenvalue weighted by Gasteiger charge is 2.24. The maximum absolute atomic E-state index is 12.6. The van der Waals surface area contributed by atoms with Gasteiger partial charge in [0.15, 0.2) is 0 Å². The summed E-state index contributed by atoms with van der Waals surface area (Å²) in [4.78, 5) is 23.5. The summed E-state index contributed by atoms with van der Waals surface area (Å²) in [5, 5.41) is 21.2. The van der Waals surface area contributed by atoms with Gasteiger partial charge in [-0.1, -0.05) is 36.3 Å². The van der Waals surface area contributed by atoms with Crippen LogP contribution in [-0.4, -0.2) is 33.8 Å². The van der Waals surface area contributed by atoms with E-state index in [1.165, 1.54) is 42.6 Å². The smallest absolute Gasteiger partial charge is 0.303 e. The van der Waals surface area contributed by atoms with Gasteiger partial charge in [-0.15, -0.1) is 10.2 Å². The number of rotatable bonds is 9. The number of nitrogens with zero attached hydrogens (tertiary/aromatic N) is 2. The highest BCUT2D eigenvalue weighted by atomic mass is 32.1. The van der Waals surface area contributed by atoms with Crippen molar-refractivity contribution in [3.8, 4) is 0 Å². The minimum atomic E-state index is -0.706. The van der Waals surface area contributed by atoms with E-state index < -0.39 is 5.97 Å². The third-order valence-corrected chi connectivity index (χ3v) is 7.51. The molecule has 0 atom stereocenters. The van der Waals surface area contributed by atoms with E-state index in [0.717, 1.165) is 37.3 Å². The summed E-state index contributed by atoms with van der Waals surface area (Å²) in [7, 11) is 0. The maximum atomic E-state index is 12.6. The van der Waals surface area contributed by atoms with Gasteiger partial charge in [0.25, 0.3) is 5.91 Å². The lowest BCUT2D eigenvalue weighted by atomic mass is 9.77. The van der Waals surface area contributed by atoms with Crippen LogP contribution in [0.1, 0.15) is 84.6 Å². The van der Waals surface area contributed by atoms with Crippen molar-refractivity contribution in [1.29, 1.82) is 0 Å². The minimum absolute atomic E-state index is 0.198. The highest BCUT2D eigenvalue weighted by molar-refractivity contribution is 7.15. The first-order chi connectivity index (χ1) is 15.6. The normalized spacial score (nSPS) is 21.5. The zero-order valence-corrected chi connectivity index (χ0v) is 19.1. The number of benzene rings is 1.